The molecule has 0 spiro atoms. The molecule has 0 aliphatic rings. The maximum Gasteiger partial charge on any atom is 0.126 e. The van der Waals surface area contributed by atoms with Crippen LogP contribution in [0, 0.1) is 5.92 Å². The Balaban J connectivity index is 2.63. The highest BCUT2D eigenvalue weighted by atomic mass is 35.5. The van der Waals surface area contributed by atoms with Gasteiger partial charge in [-0.15, -0.1) is 0 Å². The zero-order chi connectivity index (χ0) is 10.6. The molecule has 0 aliphatic carbocycles. The van der Waals surface area contributed by atoms with E-state index in [-0.39, 0.29) is 12.6 Å². The number of nitrogens with zero attached hydrogens (tertiary/aromatic N) is 1. The summed E-state index contributed by atoms with van der Waals surface area (Å²) in [6, 6.07) is 3.60. The van der Waals surface area contributed by atoms with Crippen LogP contribution in [0.25, 0.3) is 0 Å². The quantitative estimate of drug-likeness (QED) is 0.808. The van der Waals surface area contributed by atoms with Gasteiger partial charge in [-0.2, -0.15) is 0 Å². The lowest BCUT2D eigenvalue weighted by atomic mass is 10.1. The molecule has 0 amide bonds. The Morgan fingerprint density at radius 2 is 2.21 bits per heavy atom. The third-order valence-electron chi connectivity index (χ3n) is 2.06. The summed E-state index contributed by atoms with van der Waals surface area (Å²) in [5.74, 6) is 1.10. The fourth-order valence-corrected chi connectivity index (χ4v) is 1.19. The largest absolute Gasteiger partial charge is 0.394 e. The van der Waals surface area contributed by atoms with Gasteiger partial charge in [0.05, 0.1) is 17.7 Å². The van der Waals surface area contributed by atoms with Crippen LogP contribution >= 0.6 is 11.6 Å². The van der Waals surface area contributed by atoms with Gasteiger partial charge in [0.25, 0.3) is 0 Å². The number of nitrogens with one attached hydrogen (secondary N) is 1. The Morgan fingerprint density at radius 1 is 1.50 bits per heavy atom. The van der Waals surface area contributed by atoms with Crippen molar-refractivity contribution in [3.8, 4) is 0 Å². The summed E-state index contributed by atoms with van der Waals surface area (Å²) in [6.07, 6.45) is 1.58. The lowest BCUT2D eigenvalue weighted by molar-refractivity contribution is 0.249. The second-order valence-corrected chi connectivity index (χ2v) is 3.98. The number of halogens is 1. The lowest BCUT2D eigenvalue weighted by Crippen LogP contribution is -2.29. The Bertz CT molecular complexity index is 274. The standard InChI is InChI=1S/C10H15ClN2O/c1-7(2)9(6-14)13-10-4-3-8(11)5-12-10/h3-5,7,9,14H,6H2,1-2H3,(H,12,13). The third-order valence-corrected chi connectivity index (χ3v) is 2.29. The summed E-state index contributed by atoms with van der Waals surface area (Å²) in [5, 5.41) is 12.8. The smallest absolute Gasteiger partial charge is 0.126 e. The van der Waals surface area contributed by atoms with Crippen LogP contribution in [0.3, 0.4) is 0 Å². The molecule has 0 bridgehead atoms. The molecule has 3 nitrogen and oxygen atoms in total. The second kappa shape index (κ2) is 5.17. The monoisotopic (exact) mass is 214 g/mol. The van der Waals surface area contributed by atoms with Gasteiger partial charge in [-0.25, -0.2) is 4.98 Å². The van der Waals surface area contributed by atoms with Crippen molar-refractivity contribution in [2.75, 3.05) is 11.9 Å². The summed E-state index contributed by atoms with van der Waals surface area (Å²) in [5.41, 5.74) is 0. The number of aliphatic hydroxyl groups is 1. The Morgan fingerprint density at radius 3 is 2.64 bits per heavy atom. The van der Waals surface area contributed by atoms with Crippen LogP contribution < -0.4 is 5.32 Å². The predicted molar refractivity (Wildman–Crippen MR) is 58.6 cm³/mol. The van der Waals surface area contributed by atoms with E-state index in [1.54, 1.807) is 18.3 Å². The minimum absolute atomic E-state index is 0.0312. The summed E-state index contributed by atoms with van der Waals surface area (Å²) >= 11 is 5.70. The Labute approximate surface area is 89.1 Å². The molecule has 0 saturated heterocycles. The van der Waals surface area contributed by atoms with Crippen molar-refractivity contribution in [3.05, 3.63) is 23.4 Å². The first-order valence-corrected chi connectivity index (χ1v) is 5.00. The third kappa shape index (κ3) is 3.16. The molecule has 1 aromatic heterocycles. The predicted octanol–water partition coefficient (Wildman–Crippen LogP) is 2.16. The van der Waals surface area contributed by atoms with Gasteiger partial charge in [-0.1, -0.05) is 25.4 Å². The van der Waals surface area contributed by atoms with Gasteiger partial charge >= 0.3 is 0 Å². The van der Waals surface area contributed by atoms with E-state index < -0.39 is 0 Å². The van der Waals surface area contributed by atoms with Crippen LogP contribution in [0.2, 0.25) is 5.02 Å². The molecule has 0 aliphatic heterocycles. The molecule has 0 radical (unpaired) electrons. The minimum atomic E-state index is 0.0312. The van der Waals surface area contributed by atoms with Crippen molar-refractivity contribution in [1.82, 2.24) is 4.98 Å². The van der Waals surface area contributed by atoms with Crippen molar-refractivity contribution in [3.63, 3.8) is 0 Å². The number of pyridine rings is 1. The number of hydrogen-bond acceptors (Lipinski definition) is 3. The van der Waals surface area contributed by atoms with Gasteiger partial charge in [-0.05, 0) is 18.1 Å². The van der Waals surface area contributed by atoms with E-state index >= 15 is 0 Å². The molecule has 4 heteroatoms. The highest BCUT2D eigenvalue weighted by Gasteiger charge is 2.11. The second-order valence-electron chi connectivity index (χ2n) is 3.54. The zero-order valence-corrected chi connectivity index (χ0v) is 9.12. The number of anilines is 1. The molecule has 1 aromatic rings. The van der Waals surface area contributed by atoms with Crippen molar-refractivity contribution in [1.29, 1.82) is 0 Å². The van der Waals surface area contributed by atoms with Gasteiger partial charge in [0.1, 0.15) is 5.82 Å². The SMILES string of the molecule is CC(C)C(CO)Nc1ccc(Cl)cn1. The molecule has 2 N–H and O–H groups in total. The molecule has 1 rings (SSSR count). The van der Waals surface area contributed by atoms with Crippen molar-refractivity contribution >= 4 is 17.4 Å². The lowest BCUT2D eigenvalue weighted by Gasteiger charge is -2.20. The van der Waals surface area contributed by atoms with Crippen molar-refractivity contribution in [2.45, 2.75) is 19.9 Å². The maximum atomic E-state index is 9.10. The first-order valence-electron chi connectivity index (χ1n) is 4.62. The first kappa shape index (κ1) is 11.3. The molecule has 1 atom stereocenters. The molecule has 0 aromatic carbocycles. The van der Waals surface area contributed by atoms with E-state index in [0.29, 0.717) is 10.9 Å². The number of hydrogen-bond donors (Lipinski definition) is 2. The van der Waals surface area contributed by atoms with Crippen LogP contribution in [0.5, 0.6) is 0 Å². The zero-order valence-electron chi connectivity index (χ0n) is 8.37. The van der Waals surface area contributed by atoms with Crippen molar-refractivity contribution < 1.29 is 5.11 Å². The molecule has 0 saturated carbocycles. The number of rotatable bonds is 4. The van der Waals surface area contributed by atoms with Gasteiger partial charge < -0.3 is 10.4 Å². The Kier molecular flexibility index (Phi) is 4.17. The van der Waals surface area contributed by atoms with Gasteiger partial charge in [0.15, 0.2) is 0 Å². The number of aromatic nitrogens is 1. The van der Waals surface area contributed by atoms with E-state index in [1.165, 1.54) is 0 Å². The van der Waals surface area contributed by atoms with Gasteiger partial charge in [0.2, 0.25) is 0 Å². The average Bonchev–Trinajstić information content (AvgIpc) is 2.16. The fourth-order valence-electron chi connectivity index (χ4n) is 1.07. The molecule has 0 fully saturated rings. The maximum absolute atomic E-state index is 9.10. The topological polar surface area (TPSA) is 45.1 Å². The van der Waals surface area contributed by atoms with Crippen LogP contribution in [-0.2, 0) is 0 Å². The highest BCUT2D eigenvalue weighted by molar-refractivity contribution is 6.30. The van der Waals surface area contributed by atoms with E-state index in [9.17, 15) is 0 Å². The summed E-state index contributed by atoms with van der Waals surface area (Å²) in [7, 11) is 0. The van der Waals surface area contributed by atoms with Gasteiger partial charge in [0, 0.05) is 6.20 Å². The summed E-state index contributed by atoms with van der Waals surface area (Å²) in [4.78, 5) is 4.09. The molecule has 78 valence electrons. The van der Waals surface area contributed by atoms with Crippen LogP contribution in [0.1, 0.15) is 13.8 Å². The fraction of sp³-hybridized carbons (Fsp3) is 0.500. The molecular formula is C10H15ClN2O. The molecule has 1 unspecified atom stereocenters. The Hall–Kier alpha value is -0.800. The van der Waals surface area contributed by atoms with Crippen LogP contribution in [0.15, 0.2) is 18.3 Å². The van der Waals surface area contributed by atoms with Crippen molar-refractivity contribution in [2.24, 2.45) is 5.92 Å². The highest BCUT2D eigenvalue weighted by Crippen LogP contribution is 2.12. The van der Waals surface area contributed by atoms with Crippen LogP contribution in [-0.4, -0.2) is 22.7 Å². The molecule has 1 heterocycles. The molecular weight excluding hydrogens is 200 g/mol. The van der Waals surface area contributed by atoms with E-state index in [0.717, 1.165) is 5.82 Å². The summed E-state index contributed by atoms with van der Waals surface area (Å²) in [6.45, 7) is 4.19. The van der Waals surface area contributed by atoms with E-state index in [1.807, 2.05) is 13.8 Å². The molecule has 14 heavy (non-hydrogen) atoms. The van der Waals surface area contributed by atoms with E-state index in [4.69, 9.17) is 16.7 Å². The van der Waals surface area contributed by atoms with Crippen LogP contribution in [0.4, 0.5) is 5.82 Å². The average molecular weight is 215 g/mol. The normalized spacial score (nSPS) is 12.9. The van der Waals surface area contributed by atoms with Gasteiger partial charge in [-0.3, -0.25) is 0 Å². The number of aliphatic hydroxyl groups excluding tert-OH is 1. The first-order chi connectivity index (χ1) is 6.63. The minimum Gasteiger partial charge on any atom is -0.394 e. The van der Waals surface area contributed by atoms with E-state index in [2.05, 4.69) is 10.3 Å². The summed E-state index contributed by atoms with van der Waals surface area (Å²) < 4.78 is 0.